The van der Waals surface area contributed by atoms with E-state index in [0.717, 1.165) is 35.2 Å². The number of benzene rings is 1. The molecule has 32 heavy (non-hydrogen) atoms. The number of aliphatic carboxylic acids is 1. The van der Waals surface area contributed by atoms with Gasteiger partial charge in [0.25, 0.3) is 0 Å². The molecule has 0 aliphatic heterocycles. The van der Waals surface area contributed by atoms with Gasteiger partial charge in [-0.25, -0.2) is 4.79 Å². The summed E-state index contributed by atoms with van der Waals surface area (Å²) in [6, 6.07) is 6.82. The number of anilines is 1. The lowest BCUT2D eigenvalue weighted by Crippen LogP contribution is -2.37. The fourth-order valence-corrected chi connectivity index (χ4v) is 3.05. The number of ether oxygens (including phenoxy) is 1. The van der Waals surface area contributed by atoms with Gasteiger partial charge >= 0.3 is 12.0 Å². The van der Waals surface area contributed by atoms with E-state index in [-0.39, 0.29) is 36.9 Å². The Balaban J connectivity index is 0.00000480. The molecule has 2 amide bonds. The van der Waals surface area contributed by atoms with Crippen molar-refractivity contribution in [2.75, 3.05) is 25.5 Å². The van der Waals surface area contributed by atoms with Crippen LogP contribution in [0.3, 0.4) is 0 Å². The molecule has 0 spiro atoms. The molecule has 2 rings (SSSR count). The molecule has 0 bridgehead atoms. The highest BCUT2D eigenvalue weighted by Gasteiger charge is 2.11. The quantitative estimate of drug-likeness (QED) is 0.288. The third-order valence-electron chi connectivity index (χ3n) is 4.71. The van der Waals surface area contributed by atoms with E-state index in [9.17, 15) is 9.59 Å². The Bertz CT molecular complexity index is 856. The fourth-order valence-electron chi connectivity index (χ4n) is 3.05. The van der Waals surface area contributed by atoms with Crippen LogP contribution in [0.5, 0.6) is 5.75 Å². The second kappa shape index (κ2) is 15.3. The lowest BCUT2D eigenvalue weighted by atomic mass is 10.1. The molecule has 9 nitrogen and oxygen atoms in total. The van der Waals surface area contributed by atoms with E-state index in [1.165, 1.54) is 0 Å². The number of nitrogens with zero attached hydrogens (tertiary/aromatic N) is 1. The van der Waals surface area contributed by atoms with Crippen LogP contribution in [-0.4, -0.2) is 54.4 Å². The average molecular weight is 490 g/mol. The maximum absolute atomic E-state index is 11.8. The molecule has 0 saturated heterocycles. The number of carbonyl (C=O) groups excluding carboxylic acids is 1. The van der Waals surface area contributed by atoms with E-state index >= 15 is 0 Å². The van der Waals surface area contributed by atoms with Gasteiger partial charge in [-0.3, -0.25) is 9.78 Å². The number of nitrogens with two attached hydrogens (primary N) is 1. The minimum atomic E-state index is -1.03. The second-order valence-corrected chi connectivity index (χ2v) is 7.21. The van der Waals surface area contributed by atoms with E-state index in [2.05, 4.69) is 27.9 Å². The predicted octanol–water partition coefficient (Wildman–Crippen LogP) is 3.16. The number of fused-ring (bicyclic) bond motifs is 1. The first kappa shape index (κ1) is 29.5. The highest BCUT2D eigenvalue weighted by Crippen LogP contribution is 2.28. The van der Waals surface area contributed by atoms with E-state index in [4.69, 9.17) is 15.6 Å². The number of methoxy groups -OCH3 is 1. The standard InChI is InChI=1S/C21H31N5O4.2ClH/c1-14(6-3-10-24-21(29)25-11-5-8-17(22)20(27)28)26-18-13-16(30-2)12-15-7-4-9-23-19(15)18;;/h4,7,9,12-14,17,26H,3,5-6,8,10-11,22H2,1-2H3,(H,27,28)(H2,24,25,29);2*1H/t14?,17-;;/m0../s1. The van der Waals surface area contributed by atoms with E-state index in [0.29, 0.717) is 25.9 Å². The Kier molecular flexibility index (Phi) is 14.1. The lowest BCUT2D eigenvalue weighted by molar-refractivity contribution is -0.138. The third-order valence-corrected chi connectivity index (χ3v) is 4.71. The van der Waals surface area contributed by atoms with Crippen molar-refractivity contribution >= 4 is 53.4 Å². The molecular weight excluding hydrogens is 457 g/mol. The summed E-state index contributed by atoms with van der Waals surface area (Å²) >= 11 is 0. The lowest BCUT2D eigenvalue weighted by Gasteiger charge is -2.17. The first-order chi connectivity index (χ1) is 14.4. The van der Waals surface area contributed by atoms with Crippen LogP contribution in [0.1, 0.15) is 32.6 Å². The first-order valence-electron chi connectivity index (χ1n) is 10.1. The van der Waals surface area contributed by atoms with Crippen molar-refractivity contribution < 1.29 is 19.4 Å². The molecule has 1 aromatic carbocycles. The number of amides is 2. The van der Waals surface area contributed by atoms with Crippen LogP contribution in [0.25, 0.3) is 10.9 Å². The third kappa shape index (κ3) is 9.76. The molecule has 1 heterocycles. The normalized spacial score (nSPS) is 12.0. The van der Waals surface area contributed by atoms with Crippen LogP contribution in [-0.2, 0) is 4.79 Å². The SMILES string of the molecule is COc1cc(NC(C)CCCNC(=O)NCCC[C@H](N)C(=O)O)c2ncccc2c1.Cl.Cl. The van der Waals surface area contributed by atoms with Crippen LogP contribution in [0, 0.1) is 0 Å². The van der Waals surface area contributed by atoms with Crippen molar-refractivity contribution in [3.8, 4) is 5.75 Å². The summed E-state index contributed by atoms with van der Waals surface area (Å²) < 4.78 is 5.38. The zero-order chi connectivity index (χ0) is 21.9. The molecule has 0 radical (unpaired) electrons. The number of carboxylic acid groups (broad SMARTS) is 1. The van der Waals surface area contributed by atoms with Crippen molar-refractivity contribution in [1.82, 2.24) is 15.6 Å². The van der Waals surface area contributed by atoms with Gasteiger partial charge in [0, 0.05) is 36.8 Å². The van der Waals surface area contributed by atoms with Gasteiger partial charge in [0.1, 0.15) is 11.8 Å². The van der Waals surface area contributed by atoms with Gasteiger partial charge < -0.3 is 31.5 Å². The van der Waals surface area contributed by atoms with Crippen molar-refractivity contribution in [1.29, 1.82) is 0 Å². The number of urea groups is 1. The second-order valence-electron chi connectivity index (χ2n) is 7.21. The fraction of sp³-hybridized carbons (Fsp3) is 0.476. The Morgan fingerprint density at radius 3 is 2.44 bits per heavy atom. The summed E-state index contributed by atoms with van der Waals surface area (Å²) in [4.78, 5) is 26.9. The largest absolute Gasteiger partial charge is 0.497 e. The molecule has 0 saturated carbocycles. The minimum Gasteiger partial charge on any atom is -0.497 e. The number of carboxylic acids is 1. The monoisotopic (exact) mass is 489 g/mol. The molecule has 1 unspecified atom stereocenters. The Morgan fingerprint density at radius 1 is 1.16 bits per heavy atom. The maximum atomic E-state index is 11.8. The number of hydrogen-bond donors (Lipinski definition) is 5. The van der Waals surface area contributed by atoms with Crippen LogP contribution in [0.15, 0.2) is 30.5 Å². The molecule has 11 heteroatoms. The molecule has 0 aliphatic rings. The average Bonchev–Trinajstić information content (AvgIpc) is 2.73. The van der Waals surface area contributed by atoms with Crippen LogP contribution >= 0.6 is 24.8 Å². The first-order valence-corrected chi connectivity index (χ1v) is 10.1. The van der Waals surface area contributed by atoms with E-state index in [1.807, 2.05) is 24.3 Å². The number of pyridine rings is 1. The van der Waals surface area contributed by atoms with Crippen molar-refractivity contribution in [2.45, 2.75) is 44.7 Å². The van der Waals surface area contributed by atoms with Gasteiger partial charge in [-0.05, 0) is 44.7 Å². The smallest absolute Gasteiger partial charge is 0.320 e. The minimum absolute atomic E-state index is 0. The summed E-state index contributed by atoms with van der Waals surface area (Å²) in [5, 5.41) is 18.7. The summed E-state index contributed by atoms with van der Waals surface area (Å²) in [7, 11) is 1.64. The molecule has 180 valence electrons. The summed E-state index contributed by atoms with van der Waals surface area (Å²) in [6.45, 7) is 3.02. The Morgan fingerprint density at radius 2 is 1.81 bits per heavy atom. The Hall–Kier alpha value is -2.49. The van der Waals surface area contributed by atoms with Gasteiger partial charge in [0.2, 0.25) is 0 Å². The number of aromatic nitrogens is 1. The van der Waals surface area contributed by atoms with Crippen molar-refractivity contribution in [3.63, 3.8) is 0 Å². The van der Waals surface area contributed by atoms with Crippen molar-refractivity contribution in [3.05, 3.63) is 30.5 Å². The number of hydrogen-bond acceptors (Lipinski definition) is 6. The van der Waals surface area contributed by atoms with Crippen LogP contribution < -0.4 is 26.4 Å². The molecule has 0 fully saturated rings. The van der Waals surface area contributed by atoms with Gasteiger partial charge in [-0.15, -0.1) is 24.8 Å². The van der Waals surface area contributed by atoms with Gasteiger partial charge in [-0.2, -0.15) is 0 Å². The van der Waals surface area contributed by atoms with Crippen LogP contribution in [0.4, 0.5) is 10.5 Å². The summed E-state index contributed by atoms with van der Waals surface area (Å²) in [6.07, 6.45) is 4.28. The number of carbonyl (C=O) groups is 2. The number of halogens is 2. The topological polar surface area (TPSA) is 139 Å². The number of rotatable bonds is 12. The predicted molar refractivity (Wildman–Crippen MR) is 131 cm³/mol. The number of nitrogens with one attached hydrogen (secondary N) is 3. The Labute approximate surface area is 200 Å². The molecule has 0 aliphatic carbocycles. The zero-order valence-electron chi connectivity index (χ0n) is 18.3. The van der Waals surface area contributed by atoms with Crippen LogP contribution in [0.2, 0.25) is 0 Å². The molecular formula is C21H33Cl2N5O4. The van der Waals surface area contributed by atoms with E-state index in [1.54, 1.807) is 13.3 Å². The zero-order valence-corrected chi connectivity index (χ0v) is 19.9. The van der Waals surface area contributed by atoms with Gasteiger partial charge in [-0.1, -0.05) is 6.07 Å². The summed E-state index contributed by atoms with van der Waals surface area (Å²) in [5.74, 6) is -0.257. The molecule has 6 N–H and O–H groups in total. The highest BCUT2D eigenvalue weighted by atomic mass is 35.5. The summed E-state index contributed by atoms with van der Waals surface area (Å²) in [5.41, 5.74) is 7.23. The molecule has 2 aromatic rings. The van der Waals surface area contributed by atoms with Gasteiger partial charge in [0.15, 0.2) is 0 Å². The van der Waals surface area contributed by atoms with Crippen molar-refractivity contribution in [2.24, 2.45) is 5.73 Å². The van der Waals surface area contributed by atoms with E-state index < -0.39 is 12.0 Å². The molecule has 1 aromatic heterocycles. The van der Waals surface area contributed by atoms with Gasteiger partial charge in [0.05, 0.1) is 18.3 Å². The highest BCUT2D eigenvalue weighted by molar-refractivity contribution is 5.92. The molecule has 2 atom stereocenters. The maximum Gasteiger partial charge on any atom is 0.320 e.